The van der Waals surface area contributed by atoms with E-state index < -0.39 is 0 Å². The molecule has 0 aliphatic heterocycles. The van der Waals surface area contributed by atoms with Crippen LogP contribution in [0.4, 0.5) is 11.6 Å². The van der Waals surface area contributed by atoms with E-state index in [2.05, 4.69) is 53.2 Å². The van der Waals surface area contributed by atoms with E-state index in [0.717, 1.165) is 42.8 Å². The van der Waals surface area contributed by atoms with Gasteiger partial charge in [-0.3, -0.25) is 0 Å². The molecule has 1 aromatic rings. The van der Waals surface area contributed by atoms with E-state index in [1.165, 1.54) is 0 Å². The summed E-state index contributed by atoms with van der Waals surface area (Å²) in [6.07, 6.45) is 3.12. The van der Waals surface area contributed by atoms with Crippen molar-refractivity contribution in [2.45, 2.75) is 18.5 Å². The summed E-state index contributed by atoms with van der Waals surface area (Å²) in [5.41, 5.74) is 0. The maximum Gasteiger partial charge on any atom is 0.191 e. The van der Waals surface area contributed by atoms with Crippen molar-refractivity contribution >= 4 is 23.4 Å². The van der Waals surface area contributed by atoms with Gasteiger partial charge in [0, 0.05) is 26.2 Å². The smallest absolute Gasteiger partial charge is 0.191 e. The molecule has 0 aliphatic rings. The highest BCUT2D eigenvalue weighted by Gasteiger charge is 2.07. The quantitative estimate of drug-likeness (QED) is 0.582. The van der Waals surface area contributed by atoms with E-state index in [4.69, 9.17) is 0 Å². The van der Waals surface area contributed by atoms with Crippen LogP contribution in [0.25, 0.3) is 0 Å². The molecule has 0 bridgehead atoms. The molecule has 5 nitrogen and oxygen atoms in total. The van der Waals surface area contributed by atoms with Crippen molar-refractivity contribution < 1.29 is 0 Å². The minimum Gasteiger partial charge on any atom is -0.370 e. The fourth-order valence-electron chi connectivity index (χ4n) is 1.71. The van der Waals surface area contributed by atoms with Crippen molar-refractivity contribution in [3.8, 4) is 0 Å². The molecule has 6 heteroatoms. The zero-order valence-electron chi connectivity index (χ0n) is 12.6. The normalized spacial score (nSPS) is 10.8. The van der Waals surface area contributed by atoms with E-state index in [9.17, 15) is 0 Å². The first-order chi connectivity index (χ1) is 9.06. The van der Waals surface area contributed by atoms with Gasteiger partial charge in [0.15, 0.2) is 5.16 Å². The first-order valence-corrected chi connectivity index (χ1v) is 7.82. The summed E-state index contributed by atoms with van der Waals surface area (Å²) < 4.78 is 0. The fraction of sp³-hybridized carbons (Fsp3) is 0.692. The molecule has 1 heterocycles. The Bertz CT molecular complexity index is 383. The summed E-state index contributed by atoms with van der Waals surface area (Å²) in [4.78, 5) is 13.4. The van der Waals surface area contributed by atoms with Crippen molar-refractivity contribution in [2.75, 3.05) is 57.2 Å². The molecular formula is C13H25N5S. The molecule has 0 aliphatic carbocycles. The van der Waals surface area contributed by atoms with Gasteiger partial charge in [-0.1, -0.05) is 11.8 Å². The highest BCUT2D eigenvalue weighted by Crippen LogP contribution is 2.19. The van der Waals surface area contributed by atoms with Crippen molar-refractivity contribution in [1.29, 1.82) is 0 Å². The van der Waals surface area contributed by atoms with Crippen LogP contribution in [-0.4, -0.2) is 61.9 Å². The Hall–Kier alpha value is -1.01. The highest BCUT2D eigenvalue weighted by atomic mass is 32.2. The highest BCUT2D eigenvalue weighted by molar-refractivity contribution is 7.98. The minimum atomic E-state index is 0.813. The van der Waals surface area contributed by atoms with Crippen LogP contribution in [0.3, 0.4) is 0 Å². The summed E-state index contributed by atoms with van der Waals surface area (Å²) in [5, 5.41) is 4.07. The number of aromatic nitrogens is 2. The van der Waals surface area contributed by atoms with Gasteiger partial charge in [0.2, 0.25) is 0 Å². The molecule has 1 rings (SSSR count). The standard InChI is InChI=1S/C13H25N5S/c1-6-14-11-10-12(16-13(15-11)19-5)18(4)9-7-8-17(2)3/h10H,6-9H2,1-5H3,(H,14,15,16). The first kappa shape index (κ1) is 16.0. The Balaban J connectivity index is 2.71. The fourth-order valence-corrected chi connectivity index (χ4v) is 2.08. The second-order valence-electron chi connectivity index (χ2n) is 4.71. The predicted molar refractivity (Wildman–Crippen MR) is 84.4 cm³/mol. The van der Waals surface area contributed by atoms with Gasteiger partial charge in [0.05, 0.1) is 0 Å². The molecule has 108 valence electrons. The van der Waals surface area contributed by atoms with Crippen molar-refractivity contribution in [3.63, 3.8) is 0 Å². The maximum atomic E-state index is 4.56. The maximum absolute atomic E-state index is 4.56. The number of hydrogen-bond acceptors (Lipinski definition) is 6. The average Bonchev–Trinajstić information content (AvgIpc) is 2.38. The van der Waals surface area contributed by atoms with Gasteiger partial charge in [0.25, 0.3) is 0 Å². The van der Waals surface area contributed by atoms with Crippen molar-refractivity contribution in [3.05, 3.63) is 6.07 Å². The summed E-state index contributed by atoms with van der Waals surface area (Å²) in [5.74, 6) is 1.88. The Kier molecular flexibility index (Phi) is 6.94. The molecule has 0 fully saturated rings. The van der Waals surface area contributed by atoms with Gasteiger partial charge < -0.3 is 15.1 Å². The van der Waals surface area contributed by atoms with Crippen LogP contribution in [0.15, 0.2) is 11.2 Å². The summed E-state index contributed by atoms with van der Waals surface area (Å²) in [6, 6.07) is 2.01. The van der Waals surface area contributed by atoms with Gasteiger partial charge >= 0.3 is 0 Å². The van der Waals surface area contributed by atoms with Crippen molar-refractivity contribution in [1.82, 2.24) is 14.9 Å². The van der Waals surface area contributed by atoms with Crippen LogP contribution in [0.1, 0.15) is 13.3 Å². The number of rotatable bonds is 8. The van der Waals surface area contributed by atoms with E-state index >= 15 is 0 Å². The summed E-state index contributed by atoms with van der Waals surface area (Å²) >= 11 is 1.57. The molecule has 1 aromatic heterocycles. The van der Waals surface area contributed by atoms with Gasteiger partial charge in [0.1, 0.15) is 11.6 Å². The molecule has 0 spiro atoms. The number of nitrogens with one attached hydrogen (secondary N) is 1. The van der Waals surface area contributed by atoms with Crippen LogP contribution in [0, 0.1) is 0 Å². The number of anilines is 2. The third kappa shape index (κ3) is 5.65. The van der Waals surface area contributed by atoms with Crippen molar-refractivity contribution in [2.24, 2.45) is 0 Å². The van der Waals surface area contributed by atoms with Gasteiger partial charge in [-0.05, 0) is 40.2 Å². The van der Waals surface area contributed by atoms with Gasteiger partial charge in [-0.15, -0.1) is 0 Å². The lowest BCUT2D eigenvalue weighted by atomic mass is 10.3. The van der Waals surface area contributed by atoms with E-state index in [-0.39, 0.29) is 0 Å². The molecule has 0 unspecified atom stereocenters. The predicted octanol–water partition coefficient (Wildman–Crippen LogP) is 2.02. The van der Waals surface area contributed by atoms with Crippen LogP contribution in [0.2, 0.25) is 0 Å². The molecular weight excluding hydrogens is 258 g/mol. The molecule has 0 amide bonds. The van der Waals surface area contributed by atoms with Crippen LogP contribution in [-0.2, 0) is 0 Å². The number of thioether (sulfide) groups is 1. The minimum absolute atomic E-state index is 0.813. The Morgan fingerprint density at radius 2 is 1.95 bits per heavy atom. The molecule has 19 heavy (non-hydrogen) atoms. The SMILES string of the molecule is CCNc1cc(N(C)CCCN(C)C)nc(SC)n1. The van der Waals surface area contributed by atoms with Gasteiger partial charge in [-0.2, -0.15) is 0 Å². The molecule has 0 aromatic carbocycles. The molecule has 0 atom stereocenters. The van der Waals surface area contributed by atoms with E-state index in [0.29, 0.717) is 0 Å². The second kappa shape index (κ2) is 8.22. The summed E-state index contributed by atoms with van der Waals surface area (Å²) in [7, 11) is 6.28. The topological polar surface area (TPSA) is 44.3 Å². The lowest BCUT2D eigenvalue weighted by molar-refractivity contribution is 0.401. The zero-order valence-corrected chi connectivity index (χ0v) is 13.4. The number of nitrogens with zero attached hydrogens (tertiary/aromatic N) is 4. The average molecular weight is 283 g/mol. The molecule has 0 saturated heterocycles. The molecule has 1 N–H and O–H groups in total. The Morgan fingerprint density at radius 3 is 2.53 bits per heavy atom. The Morgan fingerprint density at radius 1 is 1.21 bits per heavy atom. The number of hydrogen-bond donors (Lipinski definition) is 1. The Labute approximate surface area is 120 Å². The second-order valence-corrected chi connectivity index (χ2v) is 5.48. The largest absolute Gasteiger partial charge is 0.370 e. The molecule has 0 saturated carbocycles. The summed E-state index contributed by atoms with van der Waals surface area (Å²) in [6.45, 7) is 5.02. The lowest BCUT2D eigenvalue weighted by Crippen LogP contribution is -2.24. The van der Waals surface area contributed by atoms with E-state index in [1.807, 2.05) is 12.3 Å². The third-order valence-corrected chi connectivity index (χ3v) is 3.27. The molecule has 0 radical (unpaired) electrons. The van der Waals surface area contributed by atoms with Crippen LogP contribution >= 0.6 is 11.8 Å². The first-order valence-electron chi connectivity index (χ1n) is 6.59. The van der Waals surface area contributed by atoms with E-state index in [1.54, 1.807) is 11.8 Å². The van der Waals surface area contributed by atoms with Crippen LogP contribution in [0.5, 0.6) is 0 Å². The van der Waals surface area contributed by atoms with Crippen LogP contribution < -0.4 is 10.2 Å². The lowest BCUT2D eigenvalue weighted by Gasteiger charge is -2.20. The zero-order chi connectivity index (χ0) is 14.3. The third-order valence-electron chi connectivity index (χ3n) is 2.72. The monoisotopic (exact) mass is 283 g/mol. The van der Waals surface area contributed by atoms with Gasteiger partial charge in [-0.25, -0.2) is 9.97 Å².